The first kappa shape index (κ1) is 25.2. The van der Waals surface area contributed by atoms with Gasteiger partial charge >= 0.3 is 0 Å². The molecule has 0 saturated heterocycles. The summed E-state index contributed by atoms with van der Waals surface area (Å²) in [6.07, 6.45) is -0.360. The molecule has 4 rings (SSSR count). The second-order valence-electron chi connectivity index (χ2n) is 8.43. The highest BCUT2D eigenvalue weighted by molar-refractivity contribution is 7.93. The molecular formula is C26H27FN4O4S. The lowest BCUT2D eigenvalue weighted by molar-refractivity contribution is -0.125. The maximum atomic E-state index is 13.7. The zero-order chi connectivity index (χ0) is 25.7. The quantitative estimate of drug-likeness (QED) is 0.408. The number of rotatable bonds is 9. The van der Waals surface area contributed by atoms with Crippen molar-refractivity contribution < 1.29 is 22.4 Å². The Bertz CT molecular complexity index is 1350. The van der Waals surface area contributed by atoms with Crippen molar-refractivity contribution in [2.24, 2.45) is 0 Å². The number of aryl methyl sites for hydroxylation is 1. The van der Waals surface area contributed by atoms with Crippen LogP contribution in [0.5, 0.6) is 0 Å². The predicted octanol–water partition coefficient (Wildman–Crippen LogP) is 3.60. The Hall–Kier alpha value is -3.92. The lowest BCUT2D eigenvalue weighted by Gasteiger charge is -2.36. The Morgan fingerprint density at radius 1 is 1.03 bits per heavy atom. The Morgan fingerprint density at radius 2 is 1.72 bits per heavy atom. The molecule has 0 aliphatic carbocycles. The van der Waals surface area contributed by atoms with Crippen LogP contribution in [-0.4, -0.2) is 39.5 Å². The largest absolute Gasteiger partial charge is 0.382 e. The average Bonchev–Trinajstić information content (AvgIpc) is 2.87. The minimum Gasteiger partial charge on any atom is -0.382 e. The van der Waals surface area contributed by atoms with Gasteiger partial charge in [0.1, 0.15) is 12.7 Å². The number of carbonyl (C=O) groups excluding carboxylic acids is 2. The first-order valence-electron chi connectivity index (χ1n) is 11.5. The fourth-order valence-electron chi connectivity index (χ4n) is 3.94. The predicted molar refractivity (Wildman–Crippen MR) is 137 cm³/mol. The number of nitrogens with zero attached hydrogens (tertiary/aromatic N) is 1. The van der Waals surface area contributed by atoms with Crippen LogP contribution in [0.15, 0.2) is 77.7 Å². The molecule has 1 heterocycles. The summed E-state index contributed by atoms with van der Waals surface area (Å²) < 4.78 is 40.7. The Labute approximate surface area is 209 Å². The van der Waals surface area contributed by atoms with Crippen LogP contribution >= 0.6 is 0 Å². The van der Waals surface area contributed by atoms with Crippen molar-refractivity contribution in [2.45, 2.75) is 30.8 Å². The SMILES string of the molecule is Cc1ccc(S(=O)(=O)N2c3ccccc3NC(=O)C2CC(=O)NCc2ccc(NCCF)cc2)cc1. The van der Waals surface area contributed by atoms with E-state index in [9.17, 15) is 22.4 Å². The minimum absolute atomic E-state index is 0.0319. The number of alkyl halides is 1. The molecule has 0 fully saturated rings. The highest BCUT2D eigenvalue weighted by Gasteiger charge is 2.41. The zero-order valence-corrected chi connectivity index (χ0v) is 20.5. The number of nitrogens with one attached hydrogen (secondary N) is 3. The molecule has 0 radical (unpaired) electrons. The van der Waals surface area contributed by atoms with Crippen molar-refractivity contribution in [3.63, 3.8) is 0 Å². The lowest BCUT2D eigenvalue weighted by Crippen LogP contribution is -2.52. The molecule has 1 unspecified atom stereocenters. The van der Waals surface area contributed by atoms with Gasteiger partial charge in [0.25, 0.3) is 10.0 Å². The summed E-state index contributed by atoms with van der Waals surface area (Å²) in [5.41, 5.74) is 3.12. The molecule has 2 amide bonds. The fourth-order valence-corrected chi connectivity index (χ4v) is 5.57. The van der Waals surface area contributed by atoms with Crippen LogP contribution in [0.4, 0.5) is 21.5 Å². The number of halogens is 1. The van der Waals surface area contributed by atoms with Crippen molar-refractivity contribution >= 4 is 38.9 Å². The maximum absolute atomic E-state index is 13.7. The van der Waals surface area contributed by atoms with Crippen LogP contribution < -0.4 is 20.3 Å². The van der Waals surface area contributed by atoms with Crippen LogP contribution in [0.2, 0.25) is 0 Å². The van der Waals surface area contributed by atoms with Gasteiger partial charge in [-0.25, -0.2) is 12.8 Å². The molecule has 1 aliphatic heterocycles. The molecule has 1 aliphatic rings. The molecule has 0 saturated carbocycles. The van der Waals surface area contributed by atoms with Gasteiger partial charge in [0.2, 0.25) is 11.8 Å². The van der Waals surface area contributed by atoms with E-state index in [2.05, 4.69) is 16.0 Å². The number of benzene rings is 3. The number of para-hydroxylation sites is 2. The number of anilines is 3. The molecule has 10 heteroatoms. The lowest BCUT2D eigenvalue weighted by atomic mass is 10.1. The van der Waals surface area contributed by atoms with Crippen LogP contribution in [0.25, 0.3) is 0 Å². The number of amides is 2. The van der Waals surface area contributed by atoms with Crippen molar-refractivity contribution in [1.29, 1.82) is 0 Å². The molecule has 36 heavy (non-hydrogen) atoms. The molecule has 3 aromatic rings. The third-order valence-corrected chi connectivity index (χ3v) is 7.65. The zero-order valence-electron chi connectivity index (χ0n) is 19.7. The van der Waals surface area contributed by atoms with Gasteiger partial charge in [-0.15, -0.1) is 0 Å². The first-order valence-corrected chi connectivity index (χ1v) is 12.9. The Morgan fingerprint density at radius 3 is 2.42 bits per heavy atom. The van der Waals surface area contributed by atoms with E-state index in [0.29, 0.717) is 11.4 Å². The van der Waals surface area contributed by atoms with Gasteiger partial charge in [0, 0.05) is 18.8 Å². The summed E-state index contributed by atoms with van der Waals surface area (Å²) in [7, 11) is -4.14. The summed E-state index contributed by atoms with van der Waals surface area (Å²) in [6, 6.07) is 18.8. The average molecular weight is 511 g/mol. The van der Waals surface area contributed by atoms with Gasteiger partial charge in [-0.1, -0.05) is 42.0 Å². The van der Waals surface area contributed by atoms with E-state index < -0.39 is 34.6 Å². The fraction of sp³-hybridized carbons (Fsp3) is 0.231. The van der Waals surface area contributed by atoms with Gasteiger partial charge in [0.05, 0.1) is 22.7 Å². The molecule has 188 valence electrons. The summed E-state index contributed by atoms with van der Waals surface area (Å²) >= 11 is 0. The molecule has 3 aromatic carbocycles. The monoisotopic (exact) mass is 510 g/mol. The van der Waals surface area contributed by atoms with Gasteiger partial charge in [-0.3, -0.25) is 13.9 Å². The summed E-state index contributed by atoms with van der Waals surface area (Å²) in [5, 5.41) is 8.39. The molecule has 0 aromatic heterocycles. The standard InChI is InChI=1S/C26H27FN4O4S/c1-18-6-12-21(13-7-18)36(34,35)31-23-5-3-2-4-22(23)30-26(33)24(31)16-25(32)29-17-19-8-10-20(11-9-19)28-15-14-27/h2-13,24,28H,14-17H2,1H3,(H,29,32)(H,30,33). The first-order chi connectivity index (χ1) is 17.3. The van der Waals surface area contributed by atoms with Gasteiger partial charge < -0.3 is 16.0 Å². The van der Waals surface area contributed by atoms with E-state index in [4.69, 9.17) is 0 Å². The van der Waals surface area contributed by atoms with Crippen molar-refractivity contribution in [3.05, 3.63) is 83.9 Å². The van der Waals surface area contributed by atoms with E-state index >= 15 is 0 Å². The second-order valence-corrected chi connectivity index (χ2v) is 10.2. The Kier molecular flexibility index (Phi) is 7.54. The van der Waals surface area contributed by atoms with Gasteiger partial charge in [0.15, 0.2) is 0 Å². The minimum atomic E-state index is -4.14. The molecule has 8 nitrogen and oxygen atoms in total. The number of sulfonamides is 1. The number of fused-ring (bicyclic) bond motifs is 1. The van der Waals surface area contributed by atoms with Crippen molar-refractivity contribution in [2.75, 3.05) is 28.2 Å². The van der Waals surface area contributed by atoms with E-state index in [1.54, 1.807) is 60.7 Å². The molecular weight excluding hydrogens is 483 g/mol. The number of hydrogen-bond acceptors (Lipinski definition) is 5. The maximum Gasteiger partial charge on any atom is 0.265 e. The normalized spacial score (nSPS) is 15.1. The van der Waals surface area contributed by atoms with Crippen LogP contribution in [0, 0.1) is 6.92 Å². The number of carbonyl (C=O) groups is 2. The van der Waals surface area contributed by atoms with Gasteiger partial charge in [-0.05, 0) is 48.9 Å². The highest BCUT2D eigenvalue weighted by Crippen LogP contribution is 2.37. The van der Waals surface area contributed by atoms with Gasteiger partial charge in [-0.2, -0.15) is 0 Å². The third-order valence-electron chi connectivity index (χ3n) is 5.81. The van der Waals surface area contributed by atoms with Crippen molar-refractivity contribution in [1.82, 2.24) is 5.32 Å². The van der Waals surface area contributed by atoms with E-state index in [-0.39, 0.29) is 24.4 Å². The molecule has 0 spiro atoms. The van der Waals surface area contributed by atoms with E-state index in [0.717, 1.165) is 21.1 Å². The Balaban J connectivity index is 1.54. The van der Waals surface area contributed by atoms with Crippen molar-refractivity contribution in [3.8, 4) is 0 Å². The number of hydrogen-bond donors (Lipinski definition) is 3. The summed E-state index contributed by atoms with van der Waals surface area (Å²) in [4.78, 5) is 25.9. The smallest absolute Gasteiger partial charge is 0.265 e. The van der Waals surface area contributed by atoms with E-state index in [1.165, 1.54) is 12.1 Å². The van der Waals surface area contributed by atoms with Crippen LogP contribution in [0.1, 0.15) is 17.5 Å². The van der Waals surface area contributed by atoms with Crippen LogP contribution in [-0.2, 0) is 26.2 Å². The third kappa shape index (κ3) is 5.49. The summed E-state index contributed by atoms with van der Waals surface area (Å²) in [5.74, 6) is -1.05. The molecule has 0 bridgehead atoms. The van der Waals surface area contributed by atoms with Crippen LogP contribution in [0.3, 0.4) is 0 Å². The molecule has 1 atom stereocenters. The summed E-state index contributed by atoms with van der Waals surface area (Å²) in [6.45, 7) is 1.78. The van der Waals surface area contributed by atoms with E-state index in [1.807, 2.05) is 6.92 Å². The second kappa shape index (κ2) is 10.8. The topological polar surface area (TPSA) is 108 Å². The highest BCUT2D eigenvalue weighted by atomic mass is 32.2. The molecule has 3 N–H and O–H groups in total.